The van der Waals surface area contributed by atoms with Crippen molar-refractivity contribution in [2.24, 2.45) is 17.5 Å². The number of benzene rings is 2. The van der Waals surface area contributed by atoms with E-state index in [0.717, 1.165) is 42.3 Å². The highest BCUT2D eigenvalue weighted by molar-refractivity contribution is 6.06. The number of hydrogen-bond acceptors (Lipinski definition) is 2. The summed E-state index contributed by atoms with van der Waals surface area (Å²) in [5.74, 6) is 0. The number of nitrogens with zero attached hydrogens (tertiary/aromatic N) is 3. The van der Waals surface area contributed by atoms with Gasteiger partial charge in [0.1, 0.15) is 19.6 Å². The summed E-state index contributed by atoms with van der Waals surface area (Å²) in [4.78, 5) is 23.9. The van der Waals surface area contributed by atoms with Crippen LogP contribution < -0.4 is 20.3 Å². The van der Waals surface area contributed by atoms with Crippen LogP contribution in [0.15, 0.2) is 70.5 Å². The van der Waals surface area contributed by atoms with E-state index in [1.807, 2.05) is 49.0 Å². The lowest BCUT2D eigenvalue weighted by atomic mass is 9.74. The first-order chi connectivity index (χ1) is 15.5. The first kappa shape index (κ1) is 19.7. The third-order valence-corrected chi connectivity index (χ3v) is 7.56. The van der Waals surface area contributed by atoms with Crippen molar-refractivity contribution in [3.05, 3.63) is 82.3 Å². The van der Waals surface area contributed by atoms with E-state index < -0.39 is 0 Å². The zero-order valence-electron chi connectivity index (χ0n) is 18.8. The Labute approximate surface area is 187 Å². The highest BCUT2D eigenvalue weighted by atomic mass is 16.1. The number of aliphatic imine (C=N–C) groups is 1. The van der Waals surface area contributed by atoms with Gasteiger partial charge in [0.15, 0.2) is 11.1 Å². The molecule has 0 saturated carbocycles. The van der Waals surface area contributed by atoms with Crippen LogP contribution in [0.3, 0.4) is 0 Å². The lowest BCUT2D eigenvalue weighted by Gasteiger charge is -2.52. The van der Waals surface area contributed by atoms with Gasteiger partial charge >= 0.3 is 0 Å². The quantitative estimate of drug-likeness (QED) is 0.418. The van der Waals surface area contributed by atoms with E-state index in [1.54, 1.807) is 19.4 Å². The van der Waals surface area contributed by atoms with E-state index in [1.165, 1.54) is 20.0 Å². The number of hydrogen-bond donors (Lipinski definition) is 3. The summed E-state index contributed by atoms with van der Waals surface area (Å²) in [6.07, 6.45) is 0. The molecule has 4 aliphatic heterocycles. The van der Waals surface area contributed by atoms with Crippen LogP contribution in [0.2, 0.25) is 0 Å². The average molecular weight is 432 g/mol. The molecule has 4 bridgehead atoms. The maximum atomic E-state index is 13.6. The normalized spacial score (nSPS) is 28.9. The van der Waals surface area contributed by atoms with Crippen molar-refractivity contribution in [2.75, 3.05) is 39.6 Å². The molecule has 3 aromatic rings. The monoisotopic (exact) mass is 431 g/mol. The molecule has 0 atom stereocenters. The van der Waals surface area contributed by atoms with Crippen LogP contribution in [-0.2, 0) is 7.05 Å². The minimum atomic E-state index is -0.0534. The Morgan fingerprint density at radius 3 is 1.97 bits per heavy atom. The Morgan fingerprint density at radius 2 is 1.41 bits per heavy atom. The Kier molecular flexibility index (Phi) is 4.47. The van der Waals surface area contributed by atoms with Crippen molar-refractivity contribution in [2.45, 2.75) is 6.92 Å². The molecule has 0 unspecified atom stereocenters. The van der Waals surface area contributed by atoms with Crippen molar-refractivity contribution in [3.8, 4) is 5.69 Å². The molecule has 2 aromatic carbocycles. The predicted octanol–water partition coefficient (Wildman–Crippen LogP) is -1.84. The molecular weight excluding hydrogens is 400 g/mol. The second-order valence-corrected chi connectivity index (χ2v) is 9.83. The molecule has 0 aliphatic carbocycles. The lowest BCUT2D eigenvalue weighted by Crippen LogP contribution is -3.56. The average Bonchev–Trinajstić information content (AvgIpc) is 3.00. The molecule has 32 heavy (non-hydrogen) atoms. The number of quaternary nitrogens is 3. The SMILES string of the molecule is Cc1c(N=C(c2ccccc2)C23C[NH+]4C[NH+](C[NH+](C4)C2)C3)c(=O)n(-c2ccccc2)n1C. The van der Waals surface area contributed by atoms with Crippen LogP contribution in [0.5, 0.6) is 0 Å². The highest BCUT2D eigenvalue weighted by Gasteiger charge is 2.60. The second-order valence-electron chi connectivity index (χ2n) is 9.83. The summed E-state index contributed by atoms with van der Waals surface area (Å²) in [5.41, 5.74) is 4.50. The van der Waals surface area contributed by atoms with Crippen LogP contribution in [0.25, 0.3) is 5.69 Å². The van der Waals surface area contributed by atoms with Gasteiger partial charge in [-0.05, 0) is 24.6 Å². The summed E-state index contributed by atoms with van der Waals surface area (Å²) in [7, 11) is 1.94. The van der Waals surface area contributed by atoms with Gasteiger partial charge in [-0.25, -0.2) is 24.4 Å². The van der Waals surface area contributed by atoms with Gasteiger partial charge in [-0.1, -0.05) is 48.5 Å². The standard InChI is InChI=1S/C25H28N6O/c1-19-22(24(32)31(27(19)2)21-11-7-4-8-12-21)26-23(20-9-5-3-6-10-20)25-13-28-16-29(14-25)18-30(15-25)17-28/h3-12H,13-18H2,1-2H3/p+3. The van der Waals surface area contributed by atoms with Gasteiger partial charge < -0.3 is 0 Å². The van der Waals surface area contributed by atoms with E-state index in [0.29, 0.717) is 5.69 Å². The fraction of sp³-hybridized carbons (Fsp3) is 0.360. The Morgan fingerprint density at radius 1 is 0.875 bits per heavy atom. The Bertz CT molecular complexity index is 1210. The van der Waals surface area contributed by atoms with Gasteiger partial charge in [-0.2, -0.15) is 0 Å². The molecule has 1 aromatic heterocycles. The number of nitrogens with one attached hydrogen (secondary N) is 3. The van der Waals surface area contributed by atoms with Gasteiger partial charge in [-0.15, -0.1) is 0 Å². The van der Waals surface area contributed by atoms with E-state index in [2.05, 4.69) is 30.3 Å². The first-order valence-corrected chi connectivity index (χ1v) is 11.5. The fourth-order valence-corrected chi connectivity index (χ4v) is 6.38. The molecule has 3 N–H and O–H groups in total. The third kappa shape index (κ3) is 3.00. The molecule has 7 rings (SSSR count). The molecule has 164 valence electrons. The topological polar surface area (TPSA) is 52.6 Å². The second kappa shape index (κ2) is 7.27. The van der Waals surface area contributed by atoms with Crippen LogP contribution in [-0.4, -0.2) is 54.7 Å². The highest BCUT2D eigenvalue weighted by Crippen LogP contribution is 2.27. The molecule has 4 saturated heterocycles. The zero-order valence-corrected chi connectivity index (χ0v) is 18.8. The van der Waals surface area contributed by atoms with Gasteiger partial charge in [0, 0.05) is 7.05 Å². The summed E-state index contributed by atoms with van der Waals surface area (Å²) >= 11 is 0. The number of para-hydroxylation sites is 1. The van der Waals surface area contributed by atoms with E-state index in [-0.39, 0.29) is 11.0 Å². The first-order valence-electron chi connectivity index (χ1n) is 11.5. The number of rotatable bonds is 4. The smallest absolute Gasteiger partial charge is 0.283 e. The summed E-state index contributed by atoms with van der Waals surface area (Å²) in [5, 5.41) is 0. The molecule has 7 nitrogen and oxygen atoms in total. The zero-order chi connectivity index (χ0) is 21.9. The third-order valence-electron chi connectivity index (χ3n) is 7.56. The van der Waals surface area contributed by atoms with Gasteiger partial charge in [0.2, 0.25) is 20.0 Å². The lowest BCUT2D eigenvalue weighted by molar-refractivity contribution is -1.30. The maximum absolute atomic E-state index is 13.6. The molecule has 0 spiro atoms. The Balaban J connectivity index is 1.54. The largest absolute Gasteiger partial charge is 0.297 e. The maximum Gasteiger partial charge on any atom is 0.297 e. The van der Waals surface area contributed by atoms with Crippen LogP contribution in [0.1, 0.15) is 11.3 Å². The van der Waals surface area contributed by atoms with Gasteiger partial charge in [-0.3, -0.25) is 9.48 Å². The fourth-order valence-electron chi connectivity index (χ4n) is 6.38. The van der Waals surface area contributed by atoms with Crippen molar-refractivity contribution >= 4 is 11.4 Å². The van der Waals surface area contributed by atoms with E-state index >= 15 is 0 Å². The molecule has 0 radical (unpaired) electrons. The molecule has 5 heterocycles. The summed E-state index contributed by atoms with van der Waals surface area (Å²) in [6.45, 7) is 8.93. The van der Waals surface area contributed by atoms with Crippen LogP contribution >= 0.6 is 0 Å². The van der Waals surface area contributed by atoms with E-state index in [9.17, 15) is 4.79 Å². The van der Waals surface area contributed by atoms with Crippen molar-refractivity contribution < 1.29 is 14.7 Å². The molecule has 4 fully saturated rings. The molecular formula is C25H31N6O+3. The van der Waals surface area contributed by atoms with Crippen molar-refractivity contribution in [1.29, 1.82) is 0 Å². The minimum Gasteiger partial charge on any atom is -0.283 e. The molecule has 4 aliphatic rings. The summed E-state index contributed by atoms with van der Waals surface area (Å²) in [6, 6.07) is 20.4. The number of aromatic nitrogens is 2. The molecule has 0 amide bonds. The van der Waals surface area contributed by atoms with Crippen LogP contribution in [0, 0.1) is 12.3 Å². The Hall–Kier alpha value is -3.00. The predicted molar refractivity (Wildman–Crippen MR) is 123 cm³/mol. The van der Waals surface area contributed by atoms with Gasteiger partial charge in [0.25, 0.3) is 5.56 Å². The van der Waals surface area contributed by atoms with Crippen molar-refractivity contribution in [3.63, 3.8) is 0 Å². The minimum absolute atomic E-state index is 0.00238. The van der Waals surface area contributed by atoms with Crippen molar-refractivity contribution in [1.82, 2.24) is 9.36 Å². The van der Waals surface area contributed by atoms with Crippen LogP contribution in [0.4, 0.5) is 5.69 Å². The molecule has 7 heteroatoms. The van der Waals surface area contributed by atoms with E-state index in [4.69, 9.17) is 4.99 Å². The summed E-state index contributed by atoms with van der Waals surface area (Å²) < 4.78 is 3.66. The van der Waals surface area contributed by atoms with Gasteiger partial charge in [0.05, 0.1) is 17.1 Å².